The molecule has 0 saturated carbocycles. The van der Waals surface area contributed by atoms with E-state index in [4.69, 9.17) is 4.74 Å². The van der Waals surface area contributed by atoms with Crippen LogP contribution in [0.4, 0.5) is 5.82 Å². The summed E-state index contributed by atoms with van der Waals surface area (Å²) in [7, 11) is 0. The molecule has 2 fully saturated rings. The Labute approximate surface area is 199 Å². The number of amides is 1. The third kappa shape index (κ3) is 4.91. The molecule has 2 N–H and O–H groups in total. The fraction of sp³-hybridized carbons (Fsp3) is 0.480. The Morgan fingerprint density at radius 1 is 1.09 bits per heavy atom. The van der Waals surface area contributed by atoms with Crippen LogP contribution in [0.25, 0.3) is 16.7 Å². The third-order valence-electron chi connectivity index (χ3n) is 6.76. The van der Waals surface area contributed by atoms with Crippen LogP contribution in [-0.2, 0) is 16.0 Å². The zero-order valence-electron chi connectivity index (χ0n) is 19.4. The molecule has 34 heavy (non-hydrogen) atoms. The van der Waals surface area contributed by atoms with Gasteiger partial charge >= 0.3 is 0 Å². The number of nitrogens with one attached hydrogen (secondary N) is 1. The number of aliphatic hydroxyl groups is 1. The van der Waals surface area contributed by atoms with E-state index < -0.39 is 0 Å². The van der Waals surface area contributed by atoms with E-state index in [0.29, 0.717) is 18.8 Å². The summed E-state index contributed by atoms with van der Waals surface area (Å²) in [4.78, 5) is 17.1. The molecule has 4 heterocycles. The van der Waals surface area contributed by atoms with Crippen molar-refractivity contribution in [2.75, 3.05) is 57.4 Å². The van der Waals surface area contributed by atoms with Crippen LogP contribution in [0.5, 0.6) is 0 Å². The summed E-state index contributed by atoms with van der Waals surface area (Å²) in [5.41, 5.74) is 1.96. The van der Waals surface area contributed by atoms with Crippen LogP contribution >= 0.6 is 0 Å². The summed E-state index contributed by atoms with van der Waals surface area (Å²) in [6, 6.07) is 12.1. The first-order valence-corrected chi connectivity index (χ1v) is 12.1. The highest BCUT2D eigenvalue weighted by molar-refractivity contribution is 5.90. The maximum Gasteiger partial charge on any atom is 0.224 e. The number of morpholine rings is 1. The smallest absolute Gasteiger partial charge is 0.224 e. The minimum absolute atomic E-state index is 0.0154. The summed E-state index contributed by atoms with van der Waals surface area (Å²) in [6.45, 7) is 5.85. The second-order valence-corrected chi connectivity index (χ2v) is 8.94. The van der Waals surface area contributed by atoms with E-state index in [2.05, 4.69) is 25.3 Å². The van der Waals surface area contributed by atoms with Gasteiger partial charge in [0.2, 0.25) is 5.91 Å². The molecule has 3 aromatic rings. The Kier molecular flexibility index (Phi) is 7.03. The molecule has 180 valence electrons. The van der Waals surface area contributed by atoms with Gasteiger partial charge in [0.25, 0.3) is 0 Å². The molecule has 5 rings (SSSR count). The Morgan fingerprint density at radius 2 is 1.88 bits per heavy atom. The van der Waals surface area contributed by atoms with Crippen LogP contribution in [0.2, 0.25) is 0 Å². The number of anilines is 1. The Bertz CT molecular complexity index is 1110. The Balaban J connectivity index is 1.29. The van der Waals surface area contributed by atoms with E-state index in [1.807, 2.05) is 47.2 Å². The lowest BCUT2D eigenvalue weighted by atomic mass is 10.1. The highest BCUT2D eigenvalue weighted by atomic mass is 16.5. The van der Waals surface area contributed by atoms with Gasteiger partial charge in [0.15, 0.2) is 11.6 Å². The van der Waals surface area contributed by atoms with Gasteiger partial charge in [-0.1, -0.05) is 18.2 Å². The van der Waals surface area contributed by atoms with Gasteiger partial charge in [0, 0.05) is 44.3 Å². The van der Waals surface area contributed by atoms with Crippen molar-refractivity contribution in [3.05, 3.63) is 48.2 Å². The number of para-hydroxylation sites is 1. The minimum Gasteiger partial charge on any atom is -0.394 e. The molecule has 1 unspecified atom stereocenters. The first-order chi connectivity index (χ1) is 16.7. The summed E-state index contributed by atoms with van der Waals surface area (Å²) >= 11 is 0. The lowest BCUT2D eigenvalue weighted by molar-refractivity contribution is -0.120. The summed E-state index contributed by atoms with van der Waals surface area (Å²) in [5.74, 6) is 1.51. The topological polar surface area (TPSA) is 95.8 Å². The van der Waals surface area contributed by atoms with Crippen molar-refractivity contribution in [3.63, 3.8) is 0 Å². The van der Waals surface area contributed by atoms with E-state index >= 15 is 0 Å². The summed E-state index contributed by atoms with van der Waals surface area (Å²) < 4.78 is 7.37. The van der Waals surface area contributed by atoms with Gasteiger partial charge < -0.3 is 20.1 Å². The highest BCUT2D eigenvalue weighted by Gasteiger charge is 2.25. The van der Waals surface area contributed by atoms with Crippen LogP contribution in [0.1, 0.15) is 18.4 Å². The molecule has 2 aliphatic rings. The molecule has 2 saturated heterocycles. The number of fused-ring (bicyclic) bond motifs is 1. The molecule has 2 aromatic heterocycles. The zero-order chi connectivity index (χ0) is 23.3. The van der Waals surface area contributed by atoms with Crippen molar-refractivity contribution in [1.29, 1.82) is 0 Å². The Hall–Kier alpha value is -3.01. The molecule has 1 atom stereocenters. The van der Waals surface area contributed by atoms with Crippen molar-refractivity contribution in [2.24, 2.45) is 0 Å². The van der Waals surface area contributed by atoms with Crippen molar-refractivity contribution in [1.82, 2.24) is 25.0 Å². The van der Waals surface area contributed by atoms with Gasteiger partial charge in [-0.3, -0.25) is 14.3 Å². The SMILES string of the molecule is O=C(Cc1cn(-c2ccc(N3CCCC3CO)nn2)c2ccccc12)NCCN1CCOCC1. The van der Waals surface area contributed by atoms with Gasteiger partial charge in [-0.2, -0.15) is 0 Å². The fourth-order valence-electron chi connectivity index (χ4n) is 4.92. The van der Waals surface area contributed by atoms with Gasteiger partial charge in [0.05, 0.1) is 37.8 Å². The summed E-state index contributed by atoms with van der Waals surface area (Å²) in [5, 5.41) is 22.6. The molecule has 0 spiro atoms. The highest BCUT2D eigenvalue weighted by Crippen LogP contribution is 2.26. The number of carbonyl (C=O) groups excluding carboxylic acids is 1. The lowest BCUT2D eigenvalue weighted by Gasteiger charge is -2.26. The average Bonchev–Trinajstić information content (AvgIpc) is 3.50. The quantitative estimate of drug-likeness (QED) is 0.520. The molecule has 0 bridgehead atoms. The lowest BCUT2D eigenvalue weighted by Crippen LogP contribution is -2.41. The average molecular weight is 465 g/mol. The van der Waals surface area contributed by atoms with Crippen LogP contribution < -0.4 is 10.2 Å². The van der Waals surface area contributed by atoms with Crippen LogP contribution in [0.3, 0.4) is 0 Å². The van der Waals surface area contributed by atoms with E-state index in [1.165, 1.54) is 0 Å². The second kappa shape index (κ2) is 10.5. The van der Waals surface area contributed by atoms with Crippen molar-refractivity contribution >= 4 is 22.6 Å². The molecule has 0 radical (unpaired) electrons. The normalized spacial score (nSPS) is 19.1. The van der Waals surface area contributed by atoms with Crippen molar-refractivity contribution in [3.8, 4) is 5.82 Å². The largest absolute Gasteiger partial charge is 0.394 e. The molecule has 1 aromatic carbocycles. The Morgan fingerprint density at radius 3 is 2.68 bits per heavy atom. The van der Waals surface area contributed by atoms with Crippen LogP contribution in [0.15, 0.2) is 42.6 Å². The maximum atomic E-state index is 12.7. The van der Waals surface area contributed by atoms with E-state index in [1.54, 1.807) is 0 Å². The predicted molar refractivity (Wildman–Crippen MR) is 130 cm³/mol. The van der Waals surface area contributed by atoms with Crippen LogP contribution in [0, 0.1) is 0 Å². The number of aliphatic hydroxyl groups excluding tert-OH is 1. The molecule has 9 nitrogen and oxygen atoms in total. The zero-order valence-corrected chi connectivity index (χ0v) is 19.4. The third-order valence-corrected chi connectivity index (χ3v) is 6.76. The standard InChI is InChI=1S/C25H32N6O3/c32-18-20-4-3-10-30(20)23-7-8-24(28-27-23)31-17-19(21-5-1-2-6-22(21)31)16-25(33)26-9-11-29-12-14-34-15-13-29/h1-2,5-8,17,20,32H,3-4,9-16,18H2,(H,26,33). The maximum absolute atomic E-state index is 12.7. The molecule has 2 aliphatic heterocycles. The van der Waals surface area contributed by atoms with Gasteiger partial charge in [-0.15, -0.1) is 10.2 Å². The number of carbonyl (C=O) groups is 1. The molecule has 0 aliphatic carbocycles. The van der Waals surface area contributed by atoms with Gasteiger partial charge in [-0.25, -0.2) is 0 Å². The minimum atomic E-state index is 0.0154. The number of ether oxygens (including phenoxy) is 1. The monoisotopic (exact) mass is 464 g/mol. The van der Waals surface area contributed by atoms with Crippen LogP contribution in [-0.4, -0.2) is 89.3 Å². The first-order valence-electron chi connectivity index (χ1n) is 12.1. The number of hydrogen-bond donors (Lipinski definition) is 2. The predicted octanol–water partition coefficient (Wildman–Crippen LogP) is 1.37. The number of aromatic nitrogens is 3. The van der Waals surface area contributed by atoms with Crippen molar-refractivity contribution < 1.29 is 14.6 Å². The fourth-order valence-corrected chi connectivity index (χ4v) is 4.92. The summed E-state index contributed by atoms with van der Waals surface area (Å²) in [6.07, 6.45) is 4.32. The molecule has 1 amide bonds. The number of nitrogens with zero attached hydrogens (tertiary/aromatic N) is 5. The number of hydrogen-bond acceptors (Lipinski definition) is 7. The van der Waals surface area contributed by atoms with Crippen molar-refractivity contribution in [2.45, 2.75) is 25.3 Å². The first kappa shape index (κ1) is 22.8. The molecule has 9 heteroatoms. The van der Waals surface area contributed by atoms with E-state index in [-0.39, 0.29) is 18.6 Å². The number of rotatable bonds is 8. The van der Waals surface area contributed by atoms with E-state index in [0.717, 1.165) is 74.5 Å². The second-order valence-electron chi connectivity index (χ2n) is 8.94. The molecular weight excluding hydrogens is 432 g/mol. The molecular formula is C25H32N6O3. The van der Waals surface area contributed by atoms with Gasteiger partial charge in [-0.05, 0) is 36.6 Å². The number of benzene rings is 1. The van der Waals surface area contributed by atoms with Gasteiger partial charge in [0.1, 0.15) is 0 Å². The van der Waals surface area contributed by atoms with E-state index in [9.17, 15) is 9.90 Å².